The molecule has 1 saturated heterocycles. The molecule has 0 N–H and O–H groups in total. The predicted octanol–water partition coefficient (Wildman–Crippen LogP) is 2.92. The van der Waals surface area contributed by atoms with E-state index in [2.05, 4.69) is 26.4 Å². The first-order chi connectivity index (χ1) is 14.1. The van der Waals surface area contributed by atoms with E-state index in [9.17, 15) is 4.79 Å². The van der Waals surface area contributed by atoms with Crippen molar-refractivity contribution in [3.63, 3.8) is 0 Å². The molecule has 2 aliphatic heterocycles. The van der Waals surface area contributed by atoms with Crippen LogP contribution in [0, 0.1) is 12.8 Å². The third kappa shape index (κ3) is 3.50. The van der Waals surface area contributed by atoms with Crippen LogP contribution >= 0.6 is 11.3 Å². The smallest absolute Gasteiger partial charge is 0.223 e. The first-order valence-corrected chi connectivity index (χ1v) is 11.2. The van der Waals surface area contributed by atoms with E-state index in [1.54, 1.807) is 4.68 Å². The molecule has 0 atom stereocenters. The Morgan fingerprint density at radius 2 is 2.07 bits per heavy atom. The van der Waals surface area contributed by atoms with Gasteiger partial charge in [-0.25, -0.2) is 9.97 Å². The number of aromatic nitrogens is 4. The Hall–Kier alpha value is -2.48. The molecule has 152 valence electrons. The van der Waals surface area contributed by atoms with Crippen molar-refractivity contribution in [1.29, 1.82) is 0 Å². The molecular formula is C21H26N6OS. The molecule has 0 radical (unpaired) electrons. The molecule has 1 amide bonds. The van der Waals surface area contributed by atoms with Crippen LogP contribution in [0.15, 0.2) is 17.6 Å². The highest BCUT2D eigenvalue weighted by Crippen LogP contribution is 2.30. The average Bonchev–Trinajstić information content (AvgIpc) is 3.34. The lowest BCUT2D eigenvalue weighted by Gasteiger charge is -2.34. The summed E-state index contributed by atoms with van der Waals surface area (Å²) in [7, 11) is 1.91. The summed E-state index contributed by atoms with van der Waals surface area (Å²) in [6.07, 6.45) is 5.57. The second kappa shape index (κ2) is 7.40. The normalized spacial score (nSPS) is 17.7. The number of thiophene rings is 1. The maximum atomic E-state index is 12.9. The SMILES string of the molecule is Cc1nc(N2CCC(CC(=O)N3CCc4sccc4C3)CC2)c2cnn(C)c2n1. The Bertz CT molecular complexity index is 1050. The minimum atomic E-state index is 0.313. The third-order valence-electron chi connectivity index (χ3n) is 6.22. The highest BCUT2D eigenvalue weighted by molar-refractivity contribution is 7.10. The minimum Gasteiger partial charge on any atom is -0.356 e. The Labute approximate surface area is 174 Å². The number of amides is 1. The summed E-state index contributed by atoms with van der Waals surface area (Å²) in [6.45, 7) is 5.43. The summed E-state index contributed by atoms with van der Waals surface area (Å²) in [4.78, 5) is 27.9. The topological polar surface area (TPSA) is 67.2 Å². The molecule has 0 bridgehead atoms. The van der Waals surface area contributed by atoms with E-state index in [-0.39, 0.29) is 0 Å². The van der Waals surface area contributed by atoms with Crippen LogP contribution in [0.2, 0.25) is 0 Å². The zero-order valence-corrected chi connectivity index (χ0v) is 17.8. The molecule has 7 nitrogen and oxygen atoms in total. The monoisotopic (exact) mass is 410 g/mol. The van der Waals surface area contributed by atoms with Crippen molar-refractivity contribution >= 4 is 34.1 Å². The highest BCUT2D eigenvalue weighted by Gasteiger charge is 2.27. The number of rotatable bonds is 3. The van der Waals surface area contributed by atoms with Crippen LogP contribution in [0.1, 0.15) is 35.5 Å². The highest BCUT2D eigenvalue weighted by atomic mass is 32.1. The van der Waals surface area contributed by atoms with Crippen LogP contribution < -0.4 is 4.90 Å². The molecule has 0 aromatic carbocycles. The summed E-state index contributed by atoms with van der Waals surface area (Å²) < 4.78 is 1.80. The second-order valence-corrected chi connectivity index (χ2v) is 9.17. The van der Waals surface area contributed by atoms with Crippen molar-refractivity contribution < 1.29 is 4.79 Å². The lowest BCUT2D eigenvalue weighted by molar-refractivity contribution is -0.133. The number of aryl methyl sites for hydroxylation is 2. The second-order valence-electron chi connectivity index (χ2n) is 8.17. The van der Waals surface area contributed by atoms with Crippen LogP contribution in [0.3, 0.4) is 0 Å². The fourth-order valence-electron chi connectivity index (χ4n) is 4.54. The summed E-state index contributed by atoms with van der Waals surface area (Å²) in [5.74, 6) is 2.51. The van der Waals surface area contributed by atoms with Crippen molar-refractivity contribution in [2.45, 2.75) is 39.2 Å². The van der Waals surface area contributed by atoms with Crippen molar-refractivity contribution in [3.05, 3.63) is 33.9 Å². The number of hydrogen-bond acceptors (Lipinski definition) is 6. The number of nitrogens with zero attached hydrogens (tertiary/aromatic N) is 6. The lowest BCUT2D eigenvalue weighted by Crippen LogP contribution is -2.39. The largest absolute Gasteiger partial charge is 0.356 e. The predicted molar refractivity (Wildman–Crippen MR) is 114 cm³/mol. The van der Waals surface area contributed by atoms with Gasteiger partial charge in [-0.3, -0.25) is 9.48 Å². The summed E-state index contributed by atoms with van der Waals surface area (Å²) in [5.41, 5.74) is 2.21. The van der Waals surface area contributed by atoms with Crippen molar-refractivity contribution in [3.8, 4) is 0 Å². The van der Waals surface area contributed by atoms with Crippen LogP contribution in [0.25, 0.3) is 11.0 Å². The van der Waals surface area contributed by atoms with Gasteiger partial charge in [-0.2, -0.15) is 5.10 Å². The maximum absolute atomic E-state index is 12.9. The van der Waals surface area contributed by atoms with E-state index < -0.39 is 0 Å². The van der Waals surface area contributed by atoms with Gasteiger partial charge >= 0.3 is 0 Å². The van der Waals surface area contributed by atoms with Gasteiger partial charge in [-0.05, 0) is 49.1 Å². The summed E-state index contributed by atoms with van der Waals surface area (Å²) >= 11 is 1.82. The van der Waals surface area contributed by atoms with Gasteiger partial charge in [0, 0.05) is 44.5 Å². The van der Waals surface area contributed by atoms with Crippen molar-refractivity contribution in [1.82, 2.24) is 24.6 Å². The Morgan fingerprint density at radius 3 is 2.90 bits per heavy atom. The number of fused-ring (bicyclic) bond motifs is 2. The van der Waals surface area contributed by atoms with E-state index in [0.717, 1.165) is 68.1 Å². The van der Waals surface area contributed by atoms with Gasteiger partial charge < -0.3 is 9.80 Å². The molecule has 0 aliphatic carbocycles. The maximum Gasteiger partial charge on any atom is 0.223 e. The number of piperidine rings is 1. The molecule has 5 rings (SSSR count). The van der Waals surface area contributed by atoms with Gasteiger partial charge in [-0.15, -0.1) is 11.3 Å². The van der Waals surface area contributed by atoms with E-state index in [4.69, 9.17) is 4.98 Å². The van der Waals surface area contributed by atoms with Crippen molar-refractivity contribution in [2.24, 2.45) is 13.0 Å². The standard InChI is InChI=1S/C21H26N6OS/c1-14-23-20-17(12-22-25(20)2)21(24-14)26-7-3-15(4-8-26)11-19(28)27-9-5-18-16(13-27)6-10-29-18/h6,10,12,15H,3-5,7-9,11,13H2,1-2H3. The average molecular weight is 411 g/mol. The van der Waals surface area contributed by atoms with Crippen molar-refractivity contribution in [2.75, 3.05) is 24.5 Å². The Balaban J connectivity index is 1.22. The molecular weight excluding hydrogens is 384 g/mol. The van der Waals surface area contributed by atoms with Gasteiger partial charge in [-0.1, -0.05) is 0 Å². The van der Waals surface area contributed by atoms with E-state index >= 15 is 0 Å². The molecule has 5 heterocycles. The quantitative estimate of drug-likeness (QED) is 0.664. The van der Waals surface area contributed by atoms with E-state index in [1.807, 2.05) is 36.4 Å². The zero-order chi connectivity index (χ0) is 20.0. The first-order valence-electron chi connectivity index (χ1n) is 10.3. The summed E-state index contributed by atoms with van der Waals surface area (Å²) in [5, 5.41) is 7.50. The van der Waals surface area contributed by atoms with Crippen LogP contribution in [0.5, 0.6) is 0 Å². The van der Waals surface area contributed by atoms with Crippen LogP contribution in [-0.4, -0.2) is 50.2 Å². The lowest BCUT2D eigenvalue weighted by atomic mass is 9.92. The molecule has 29 heavy (non-hydrogen) atoms. The van der Waals surface area contributed by atoms with Gasteiger partial charge in [0.2, 0.25) is 5.91 Å². The Kier molecular flexibility index (Phi) is 4.73. The first kappa shape index (κ1) is 18.5. The van der Waals surface area contributed by atoms with Crippen LogP contribution in [-0.2, 0) is 24.8 Å². The zero-order valence-electron chi connectivity index (χ0n) is 17.0. The van der Waals surface area contributed by atoms with Gasteiger partial charge in [0.15, 0.2) is 5.65 Å². The number of hydrogen-bond donors (Lipinski definition) is 0. The molecule has 3 aromatic rings. The molecule has 0 saturated carbocycles. The number of anilines is 1. The molecule has 0 unspecified atom stereocenters. The molecule has 0 spiro atoms. The fraction of sp³-hybridized carbons (Fsp3) is 0.524. The van der Waals surface area contributed by atoms with Gasteiger partial charge in [0.05, 0.1) is 11.6 Å². The third-order valence-corrected chi connectivity index (χ3v) is 7.24. The summed E-state index contributed by atoms with van der Waals surface area (Å²) in [6, 6.07) is 2.17. The number of carbonyl (C=O) groups excluding carboxylic acids is 1. The Morgan fingerprint density at radius 1 is 1.24 bits per heavy atom. The molecule has 3 aromatic heterocycles. The van der Waals surface area contributed by atoms with E-state index in [1.165, 1.54) is 10.4 Å². The van der Waals surface area contributed by atoms with Gasteiger partial charge in [0.25, 0.3) is 0 Å². The number of carbonyl (C=O) groups is 1. The minimum absolute atomic E-state index is 0.313. The fourth-order valence-corrected chi connectivity index (χ4v) is 5.43. The molecule has 1 fully saturated rings. The molecule has 2 aliphatic rings. The van der Waals surface area contributed by atoms with Crippen LogP contribution in [0.4, 0.5) is 5.82 Å². The van der Waals surface area contributed by atoms with Gasteiger partial charge in [0.1, 0.15) is 11.6 Å². The van der Waals surface area contributed by atoms with E-state index in [0.29, 0.717) is 18.2 Å². The molecule has 8 heteroatoms.